The molecular formula is C11H18N2S. The second-order valence-electron chi connectivity index (χ2n) is 4.28. The van der Waals surface area contributed by atoms with Crippen LogP contribution in [-0.4, -0.2) is 18.1 Å². The first-order chi connectivity index (χ1) is 6.85. The quantitative estimate of drug-likeness (QED) is 0.807. The topological polar surface area (TPSA) is 24.9 Å². The normalized spacial score (nSPS) is 19.2. The summed E-state index contributed by atoms with van der Waals surface area (Å²) in [5, 5.41) is 3.49. The Bertz CT molecular complexity index is 265. The van der Waals surface area contributed by atoms with Crippen LogP contribution in [-0.2, 0) is 6.42 Å². The first kappa shape index (κ1) is 10.1. The number of nitrogens with one attached hydrogen (secondary N) is 1. The fraction of sp³-hybridized carbons (Fsp3) is 0.727. The van der Waals surface area contributed by atoms with Crippen molar-refractivity contribution in [2.24, 2.45) is 5.41 Å². The van der Waals surface area contributed by atoms with Crippen LogP contribution < -0.4 is 5.32 Å². The average molecular weight is 210 g/mol. The highest BCUT2D eigenvalue weighted by Gasteiger charge is 2.36. The van der Waals surface area contributed by atoms with Crippen molar-refractivity contribution < 1.29 is 0 Å². The predicted octanol–water partition coefficient (Wildman–Crippen LogP) is 2.47. The Labute approximate surface area is 89.8 Å². The standard InChI is InChI=1S/C11H18N2S/c1-2-12-8-11(4-3-5-11)6-10-7-13-9-14-10/h7,9,12H,2-6,8H2,1H3. The van der Waals surface area contributed by atoms with Crippen molar-refractivity contribution in [3.63, 3.8) is 0 Å². The largest absolute Gasteiger partial charge is 0.316 e. The lowest BCUT2D eigenvalue weighted by atomic mass is 9.66. The first-order valence-corrected chi connectivity index (χ1v) is 6.31. The number of aromatic nitrogens is 1. The van der Waals surface area contributed by atoms with Crippen molar-refractivity contribution in [2.75, 3.05) is 13.1 Å². The second-order valence-corrected chi connectivity index (χ2v) is 5.25. The molecule has 0 radical (unpaired) electrons. The van der Waals surface area contributed by atoms with Crippen LogP contribution in [0.3, 0.4) is 0 Å². The Morgan fingerprint density at radius 3 is 2.93 bits per heavy atom. The third-order valence-electron chi connectivity index (χ3n) is 3.20. The van der Waals surface area contributed by atoms with Gasteiger partial charge in [-0.1, -0.05) is 13.3 Å². The molecule has 0 spiro atoms. The lowest BCUT2D eigenvalue weighted by molar-refractivity contribution is 0.132. The molecule has 1 aromatic heterocycles. The minimum atomic E-state index is 0.558. The number of thiazole rings is 1. The molecule has 0 amide bonds. The minimum Gasteiger partial charge on any atom is -0.316 e. The Morgan fingerprint density at radius 2 is 2.43 bits per heavy atom. The van der Waals surface area contributed by atoms with Gasteiger partial charge in [0.15, 0.2) is 0 Å². The fourth-order valence-electron chi connectivity index (χ4n) is 2.18. The van der Waals surface area contributed by atoms with Crippen molar-refractivity contribution in [2.45, 2.75) is 32.6 Å². The van der Waals surface area contributed by atoms with Gasteiger partial charge in [-0.05, 0) is 31.2 Å². The molecule has 1 aliphatic carbocycles. The van der Waals surface area contributed by atoms with Crippen molar-refractivity contribution >= 4 is 11.3 Å². The van der Waals surface area contributed by atoms with Crippen LogP contribution in [0.15, 0.2) is 11.7 Å². The molecule has 78 valence electrons. The van der Waals surface area contributed by atoms with Crippen LogP contribution >= 0.6 is 11.3 Å². The van der Waals surface area contributed by atoms with Gasteiger partial charge < -0.3 is 5.32 Å². The van der Waals surface area contributed by atoms with E-state index in [9.17, 15) is 0 Å². The lowest BCUT2D eigenvalue weighted by Crippen LogP contribution is -2.41. The van der Waals surface area contributed by atoms with Gasteiger partial charge in [-0.3, -0.25) is 4.98 Å². The SMILES string of the molecule is CCNCC1(Cc2cncs2)CCC1. The van der Waals surface area contributed by atoms with Gasteiger partial charge in [-0.15, -0.1) is 11.3 Å². The van der Waals surface area contributed by atoms with Gasteiger partial charge in [-0.2, -0.15) is 0 Å². The van der Waals surface area contributed by atoms with Crippen molar-refractivity contribution in [1.29, 1.82) is 0 Å². The third kappa shape index (κ3) is 2.15. The Balaban J connectivity index is 1.92. The van der Waals surface area contributed by atoms with E-state index in [2.05, 4.69) is 17.2 Å². The van der Waals surface area contributed by atoms with E-state index < -0.39 is 0 Å². The van der Waals surface area contributed by atoms with Gasteiger partial charge in [0.2, 0.25) is 0 Å². The summed E-state index contributed by atoms with van der Waals surface area (Å²) in [5.74, 6) is 0. The molecule has 1 heterocycles. The molecule has 2 rings (SSSR count). The predicted molar refractivity (Wildman–Crippen MR) is 60.6 cm³/mol. The molecule has 1 N–H and O–H groups in total. The Morgan fingerprint density at radius 1 is 1.57 bits per heavy atom. The number of hydrogen-bond donors (Lipinski definition) is 1. The van der Waals surface area contributed by atoms with Crippen LogP contribution in [0.25, 0.3) is 0 Å². The van der Waals surface area contributed by atoms with Crippen molar-refractivity contribution in [1.82, 2.24) is 10.3 Å². The van der Waals surface area contributed by atoms with Crippen LogP contribution in [0.1, 0.15) is 31.1 Å². The maximum Gasteiger partial charge on any atom is 0.0794 e. The van der Waals surface area contributed by atoms with E-state index in [1.807, 2.05) is 11.7 Å². The van der Waals surface area contributed by atoms with Gasteiger partial charge in [0.05, 0.1) is 5.51 Å². The van der Waals surface area contributed by atoms with Crippen LogP contribution in [0, 0.1) is 5.41 Å². The van der Waals surface area contributed by atoms with Gasteiger partial charge in [-0.25, -0.2) is 0 Å². The Hall–Kier alpha value is -0.410. The molecule has 1 fully saturated rings. The van der Waals surface area contributed by atoms with Gasteiger partial charge in [0, 0.05) is 17.6 Å². The summed E-state index contributed by atoms with van der Waals surface area (Å²) in [6, 6.07) is 0. The summed E-state index contributed by atoms with van der Waals surface area (Å²) in [5.41, 5.74) is 2.50. The first-order valence-electron chi connectivity index (χ1n) is 5.43. The zero-order valence-corrected chi connectivity index (χ0v) is 9.57. The molecule has 14 heavy (non-hydrogen) atoms. The summed E-state index contributed by atoms with van der Waals surface area (Å²) in [6.45, 7) is 4.45. The van der Waals surface area contributed by atoms with Crippen LogP contribution in [0.4, 0.5) is 0 Å². The van der Waals surface area contributed by atoms with Crippen LogP contribution in [0.2, 0.25) is 0 Å². The summed E-state index contributed by atoms with van der Waals surface area (Å²) in [6.07, 6.45) is 7.43. The highest BCUT2D eigenvalue weighted by Crippen LogP contribution is 2.43. The van der Waals surface area contributed by atoms with Gasteiger partial charge in [0.25, 0.3) is 0 Å². The maximum atomic E-state index is 4.14. The smallest absolute Gasteiger partial charge is 0.0794 e. The summed E-state index contributed by atoms with van der Waals surface area (Å²) < 4.78 is 0. The molecule has 1 aromatic rings. The lowest BCUT2D eigenvalue weighted by Gasteiger charge is -2.42. The van der Waals surface area contributed by atoms with E-state index in [-0.39, 0.29) is 0 Å². The van der Waals surface area contributed by atoms with E-state index in [0.717, 1.165) is 6.54 Å². The van der Waals surface area contributed by atoms with E-state index in [1.165, 1.54) is 37.1 Å². The summed E-state index contributed by atoms with van der Waals surface area (Å²) >= 11 is 1.79. The molecule has 3 heteroatoms. The molecule has 0 aliphatic heterocycles. The van der Waals surface area contributed by atoms with E-state index in [1.54, 1.807) is 11.3 Å². The monoisotopic (exact) mass is 210 g/mol. The van der Waals surface area contributed by atoms with Crippen molar-refractivity contribution in [3.8, 4) is 0 Å². The van der Waals surface area contributed by atoms with Gasteiger partial charge >= 0.3 is 0 Å². The van der Waals surface area contributed by atoms with Crippen molar-refractivity contribution in [3.05, 3.63) is 16.6 Å². The zero-order valence-electron chi connectivity index (χ0n) is 8.75. The molecule has 1 aliphatic rings. The highest BCUT2D eigenvalue weighted by atomic mass is 32.1. The maximum absolute atomic E-state index is 4.14. The van der Waals surface area contributed by atoms with E-state index >= 15 is 0 Å². The minimum absolute atomic E-state index is 0.558. The van der Waals surface area contributed by atoms with Crippen LogP contribution in [0.5, 0.6) is 0 Å². The molecule has 0 atom stereocenters. The van der Waals surface area contributed by atoms with E-state index in [0.29, 0.717) is 5.41 Å². The average Bonchev–Trinajstić information content (AvgIpc) is 2.62. The number of rotatable bonds is 5. The third-order valence-corrected chi connectivity index (χ3v) is 3.98. The number of hydrogen-bond acceptors (Lipinski definition) is 3. The molecule has 0 saturated heterocycles. The second kappa shape index (κ2) is 4.41. The van der Waals surface area contributed by atoms with Gasteiger partial charge in [0.1, 0.15) is 0 Å². The van der Waals surface area contributed by atoms with E-state index in [4.69, 9.17) is 0 Å². The zero-order chi connectivity index (χ0) is 9.86. The molecule has 0 bridgehead atoms. The molecule has 0 unspecified atom stereocenters. The fourth-order valence-corrected chi connectivity index (χ4v) is 2.95. The number of nitrogens with zero attached hydrogens (tertiary/aromatic N) is 1. The summed E-state index contributed by atoms with van der Waals surface area (Å²) in [4.78, 5) is 5.59. The molecule has 2 nitrogen and oxygen atoms in total. The molecular weight excluding hydrogens is 192 g/mol. The highest BCUT2D eigenvalue weighted by molar-refractivity contribution is 7.09. The Kier molecular flexibility index (Phi) is 3.19. The molecule has 1 saturated carbocycles. The summed E-state index contributed by atoms with van der Waals surface area (Å²) in [7, 11) is 0. The molecule has 0 aromatic carbocycles.